The minimum Gasteiger partial charge on any atom is -0.380 e. The maximum Gasteiger partial charge on any atom is 0.165 e. The van der Waals surface area contributed by atoms with Crippen molar-refractivity contribution >= 4 is 22.1 Å². The summed E-state index contributed by atoms with van der Waals surface area (Å²) in [5, 5.41) is 13.8. The van der Waals surface area contributed by atoms with Gasteiger partial charge in [-0.2, -0.15) is 0 Å². The summed E-state index contributed by atoms with van der Waals surface area (Å²) < 4.78 is 0. The van der Waals surface area contributed by atoms with Crippen LogP contribution in [0, 0.1) is 19.8 Å². The van der Waals surface area contributed by atoms with Crippen LogP contribution in [0.1, 0.15) is 36.1 Å². The molecule has 0 bridgehead atoms. The van der Waals surface area contributed by atoms with E-state index in [-0.39, 0.29) is 5.78 Å². The predicted molar refractivity (Wildman–Crippen MR) is 84.1 cm³/mol. The summed E-state index contributed by atoms with van der Waals surface area (Å²) in [7, 11) is 0. The third-order valence-corrected chi connectivity index (χ3v) is 5.38. The smallest absolute Gasteiger partial charge is 0.165 e. The predicted octanol–water partition coefficient (Wildman–Crippen LogP) is 3.65. The molecule has 2 aliphatic carbocycles. The van der Waals surface area contributed by atoms with Crippen LogP contribution in [0.15, 0.2) is 29.8 Å². The van der Waals surface area contributed by atoms with E-state index >= 15 is 0 Å². The Labute approximate surface area is 124 Å². The number of carbonyl (C=O) groups is 1. The highest BCUT2D eigenvalue weighted by molar-refractivity contribution is 6.19. The van der Waals surface area contributed by atoms with Gasteiger partial charge in [-0.25, -0.2) is 0 Å². The van der Waals surface area contributed by atoms with Crippen molar-refractivity contribution in [2.24, 2.45) is 5.92 Å². The molecule has 106 valence electrons. The summed E-state index contributed by atoms with van der Waals surface area (Å²) >= 11 is 0. The van der Waals surface area contributed by atoms with Crippen LogP contribution in [0.25, 0.3) is 16.3 Å². The molecule has 0 aromatic heterocycles. The first-order valence-electron chi connectivity index (χ1n) is 7.40. The van der Waals surface area contributed by atoms with Crippen LogP contribution in [-0.4, -0.2) is 10.9 Å². The number of ketones is 1. The number of aryl methyl sites for hydroxylation is 2. The molecule has 0 fully saturated rings. The first-order valence-corrected chi connectivity index (χ1v) is 7.40. The van der Waals surface area contributed by atoms with E-state index in [1.807, 2.05) is 26.8 Å². The normalized spacial score (nSPS) is 26.9. The molecule has 0 heterocycles. The number of benzene rings is 2. The van der Waals surface area contributed by atoms with E-state index in [9.17, 15) is 9.90 Å². The Bertz CT molecular complexity index is 868. The number of carbonyl (C=O) groups excluding carboxylic acids is 1. The fraction of sp³-hybridized carbons (Fsp3) is 0.316. The standard InChI is InChI=1S/C19H18O2/c1-9-5-7-13-8-6-10(2)16-15(13)14(9)17-11(3)18(20)12(4)19(16,17)21/h5-8,12,21H,1-4H3/t12-,19+/m0/s1. The van der Waals surface area contributed by atoms with E-state index < -0.39 is 11.5 Å². The molecule has 2 aliphatic rings. The molecule has 2 atom stereocenters. The molecule has 2 nitrogen and oxygen atoms in total. The number of fused-ring (bicyclic) bond motifs is 3. The van der Waals surface area contributed by atoms with Gasteiger partial charge >= 0.3 is 0 Å². The average Bonchev–Trinajstić information content (AvgIpc) is 2.83. The Morgan fingerprint density at radius 1 is 1.05 bits per heavy atom. The molecule has 0 amide bonds. The van der Waals surface area contributed by atoms with E-state index in [1.165, 1.54) is 0 Å². The maximum absolute atomic E-state index is 12.5. The van der Waals surface area contributed by atoms with Gasteiger partial charge in [0.2, 0.25) is 0 Å². The lowest BCUT2D eigenvalue weighted by Crippen LogP contribution is -2.32. The summed E-state index contributed by atoms with van der Waals surface area (Å²) in [6.07, 6.45) is 0. The first kappa shape index (κ1) is 12.8. The van der Waals surface area contributed by atoms with Crippen molar-refractivity contribution in [2.75, 3.05) is 0 Å². The third kappa shape index (κ3) is 1.21. The average molecular weight is 278 g/mol. The monoisotopic (exact) mass is 278 g/mol. The van der Waals surface area contributed by atoms with Crippen molar-refractivity contribution in [2.45, 2.75) is 33.3 Å². The van der Waals surface area contributed by atoms with Gasteiger partial charge in [0.05, 0.1) is 5.92 Å². The molecule has 2 aromatic rings. The van der Waals surface area contributed by atoms with Gasteiger partial charge in [0.15, 0.2) is 5.78 Å². The maximum atomic E-state index is 12.5. The highest BCUT2D eigenvalue weighted by atomic mass is 16.3. The minimum atomic E-state index is -1.15. The molecular weight excluding hydrogens is 260 g/mol. The van der Waals surface area contributed by atoms with Gasteiger partial charge in [-0.1, -0.05) is 31.2 Å². The van der Waals surface area contributed by atoms with Crippen LogP contribution >= 0.6 is 0 Å². The van der Waals surface area contributed by atoms with Crippen LogP contribution in [0.2, 0.25) is 0 Å². The Hall–Kier alpha value is -1.93. The van der Waals surface area contributed by atoms with Crippen molar-refractivity contribution in [3.8, 4) is 0 Å². The summed E-state index contributed by atoms with van der Waals surface area (Å²) in [6.45, 7) is 7.77. The van der Waals surface area contributed by atoms with Crippen LogP contribution in [0.4, 0.5) is 0 Å². The van der Waals surface area contributed by atoms with Crippen LogP contribution in [0.5, 0.6) is 0 Å². The Kier molecular flexibility index (Phi) is 2.21. The molecule has 2 heteroatoms. The van der Waals surface area contributed by atoms with E-state index in [4.69, 9.17) is 0 Å². The Morgan fingerprint density at radius 3 is 2.33 bits per heavy atom. The second-order valence-electron chi connectivity index (χ2n) is 6.47. The van der Waals surface area contributed by atoms with Crippen LogP contribution < -0.4 is 0 Å². The van der Waals surface area contributed by atoms with Crippen molar-refractivity contribution in [3.05, 3.63) is 52.1 Å². The van der Waals surface area contributed by atoms with Crippen LogP contribution in [-0.2, 0) is 10.4 Å². The third-order valence-electron chi connectivity index (χ3n) is 5.38. The van der Waals surface area contributed by atoms with E-state index in [2.05, 4.69) is 25.1 Å². The van der Waals surface area contributed by atoms with Gasteiger partial charge in [0.25, 0.3) is 0 Å². The summed E-state index contributed by atoms with van der Waals surface area (Å²) in [6, 6.07) is 8.33. The fourth-order valence-electron chi connectivity index (χ4n) is 4.30. The lowest BCUT2D eigenvalue weighted by molar-refractivity contribution is -0.122. The Balaban J connectivity index is 2.30. The topological polar surface area (TPSA) is 37.3 Å². The number of Topliss-reactive ketones (excluding diaryl/α,β-unsaturated/α-hetero) is 1. The molecule has 0 saturated heterocycles. The second kappa shape index (κ2) is 3.63. The quantitative estimate of drug-likeness (QED) is 0.798. The number of rotatable bonds is 0. The number of hydrogen-bond donors (Lipinski definition) is 1. The molecule has 0 saturated carbocycles. The number of allylic oxidation sites excluding steroid dienone is 1. The van der Waals surface area contributed by atoms with E-state index in [0.717, 1.165) is 44.2 Å². The van der Waals surface area contributed by atoms with Crippen LogP contribution in [0.3, 0.4) is 0 Å². The highest BCUT2D eigenvalue weighted by Crippen LogP contribution is 2.59. The van der Waals surface area contributed by atoms with Crippen molar-refractivity contribution in [1.29, 1.82) is 0 Å². The van der Waals surface area contributed by atoms with Gasteiger partial charge in [-0.05, 0) is 53.8 Å². The van der Waals surface area contributed by atoms with Gasteiger partial charge in [-0.15, -0.1) is 0 Å². The molecule has 1 N–H and O–H groups in total. The Morgan fingerprint density at radius 2 is 1.67 bits per heavy atom. The molecule has 0 radical (unpaired) electrons. The molecule has 21 heavy (non-hydrogen) atoms. The first-order chi connectivity index (χ1) is 9.89. The fourth-order valence-corrected chi connectivity index (χ4v) is 4.30. The number of aliphatic hydroxyl groups is 1. The van der Waals surface area contributed by atoms with Gasteiger partial charge in [0.1, 0.15) is 5.60 Å². The van der Waals surface area contributed by atoms with Gasteiger partial charge in [-0.3, -0.25) is 4.79 Å². The van der Waals surface area contributed by atoms with Crippen molar-refractivity contribution in [1.82, 2.24) is 0 Å². The van der Waals surface area contributed by atoms with Crippen molar-refractivity contribution < 1.29 is 9.90 Å². The molecule has 0 spiro atoms. The molecule has 4 rings (SSSR count). The zero-order valence-electron chi connectivity index (χ0n) is 12.7. The summed E-state index contributed by atoms with van der Waals surface area (Å²) in [5.41, 5.74) is 4.60. The zero-order valence-corrected chi connectivity index (χ0v) is 12.7. The van der Waals surface area contributed by atoms with Gasteiger partial charge < -0.3 is 5.11 Å². The zero-order chi connectivity index (χ0) is 15.1. The summed E-state index contributed by atoms with van der Waals surface area (Å²) in [4.78, 5) is 12.5. The van der Waals surface area contributed by atoms with E-state index in [0.29, 0.717) is 0 Å². The van der Waals surface area contributed by atoms with Crippen molar-refractivity contribution in [3.63, 3.8) is 0 Å². The lowest BCUT2D eigenvalue weighted by Gasteiger charge is -2.28. The second-order valence-corrected chi connectivity index (χ2v) is 6.47. The minimum absolute atomic E-state index is 0.0674. The molecule has 0 aliphatic heterocycles. The lowest BCUT2D eigenvalue weighted by atomic mass is 9.81. The summed E-state index contributed by atoms with van der Waals surface area (Å²) in [5.74, 6) is -0.346. The largest absolute Gasteiger partial charge is 0.380 e. The molecule has 2 aromatic carbocycles. The molecule has 0 unspecified atom stereocenters. The highest BCUT2D eigenvalue weighted by Gasteiger charge is 2.55. The number of hydrogen-bond acceptors (Lipinski definition) is 2. The molecular formula is C19H18O2. The SMILES string of the molecule is CC1=C2c3c(C)ccc4ccc(C)c(c34)[C@]2(O)[C@@H](C)C1=O. The van der Waals surface area contributed by atoms with Gasteiger partial charge in [0, 0.05) is 11.1 Å². The van der Waals surface area contributed by atoms with E-state index in [1.54, 1.807) is 0 Å².